The van der Waals surface area contributed by atoms with Crippen molar-refractivity contribution in [3.05, 3.63) is 176 Å². The third kappa shape index (κ3) is 4.25. The highest BCUT2D eigenvalue weighted by Gasteiger charge is 2.18. The summed E-state index contributed by atoms with van der Waals surface area (Å²) in [7, 11) is 0. The molecule has 2 aromatic heterocycles. The van der Waals surface area contributed by atoms with Gasteiger partial charge < -0.3 is 4.57 Å². The first-order valence-electron chi connectivity index (χ1n) is 15.7. The highest BCUT2D eigenvalue weighted by Crippen LogP contribution is 2.38. The molecule has 9 rings (SSSR count). The van der Waals surface area contributed by atoms with Gasteiger partial charge in [0.15, 0.2) is 0 Å². The van der Waals surface area contributed by atoms with Gasteiger partial charge in [0.25, 0.3) is 0 Å². The number of rotatable bonds is 5. The fraction of sp³-hybridized carbons (Fsp3) is 0. The van der Waals surface area contributed by atoms with Gasteiger partial charge in [-0.25, -0.2) is 4.98 Å². The Morgan fingerprint density at radius 3 is 1.63 bits per heavy atom. The van der Waals surface area contributed by atoms with Crippen LogP contribution < -0.4 is 0 Å². The normalized spacial score (nSPS) is 11.5. The van der Waals surface area contributed by atoms with Crippen molar-refractivity contribution in [3.63, 3.8) is 0 Å². The van der Waals surface area contributed by atoms with Crippen molar-refractivity contribution in [3.8, 4) is 45.0 Å². The van der Waals surface area contributed by atoms with Crippen molar-refractivity contribution in [2.24, 2.45) is 0 Å². The summed E-state index contributed by atoms with van der Waals surface area (Å²) in [6.45, 7) is 0. The summed E-state index contributed by atoms with van der Waals surface area (Å²) >= 11 is 0. The van der Waals surface area contributed by atoms with Crippen LogP contribution in [0.15, 0.2) is 176 Å². The minimum absolute atomic E-state index is 0.930. The molecule has 0 spiro atoms. The van der Waals surface area contributed by atoms with Gasteiger partial charge in [0.2, 0.25) is 0 Å². The van der Waals surface area contributed by atoms with Gasteiger partial charge in [-0.1, -0.05) is 127 Å². The molecule has 0 aliphatic heterocycles. The van der Waals surface area contributed by atoms with E-state index in [0.29, 0.717) is 0 Å². The first-order valence-corrected chi connectivity index (χ1v) is 15.7. The number of para-hydroxylation sites is 4. The number of imidazole rings is 1. The third-order valence-electron chi connectivity index (χ3n) is 8.93. The number of hydrogen-bond donors (Lipinski definition) is 0. The zero-order valence-electron chi connectivity index (χ0n) is 25.1. The van der Waals surface area contributed by atoms with Crippen LogP contribution >= 0.6 is 0 Å². The fourth-order valence-corrected chi connectivity index (χ4v) is 6.86. The van der Waals surface area contributed by atoms with Gasteiger partial charge in [0.05, 0.1) is 22.1 Å². The molecule has 0 saturated carbocycles. The zero-order valence-corrected chi connectivity index (χ0v) is 25.1. The van der Waals surface area contributed by atoms with Crippen LogP contribution in [0.3, 0.4) is 0 Å². The monoisotopic (exact) mass is 587 g/mol. The number of fused-ring (bicyclic) bond motifs is 4. The minimum atomic E-state index is 0.930. The summed E-state index contributed by atoms with van der Waals surface area (Å²) in [5.74, 6) is 0.930. The second kappa shape index (κ2) is 10.8. The lowest BCUT2D eigenvalue weighted by atomic mass is 9.93. The molecule has 3 nitrogen and oxygen atoms in total. The first-order chi connectivity index (χ1) is 22.8. The van der Waals surface area contributed by atoms with Crippen molar-refractivity contribution >= 4 is 32.8 Å². The van der Waals surface area contributed by atoms with E-state index < -0.39 is 0 Å². The highest BCUT2D eigenvalue weighted by molar-refractivity contribution is 6.09. The van der Waals surface area contributed by atoms with E-state index in [1.807, 2.05) is 6.07 Å². The van der Waals surface area contributed by atoms with Crippen LogP contribution in [0.2, 0.25) is 0 Å². The Morgan fingerprint density at radius 1 is 0.348 bits per heavy atom. The Morgan fingerprint density at radius 2 is 0.913 bits per heavy atom. The molecule has 0 aliphatic rings. The SMILES string of the molecule is c1ccc(-c2ccc(-n3c(-c4ccccc4)nc4ccccc43)cc2-c2cccc(-n3c4ccccc4c4ccccc43)c2)cc1. The van der Waals surface area contributed by atoms with E-state index in [4.69, 9.17) is 4.98 Å². The predicted octanol–water partition coefficient (Wildman–Crippen LogP) is 11.1. The Kier molecular flexibility index (Phi) is 6.14. The summed E-state index contributed by atoms with van der Waals surface area (Å²) in [5, 5.41) is 2.52. The summed E-state index contributed by atoms with van der Waals surface area (Å²) in [6.07, 6.45) is 0. The molecule has 9 aromatic rings. The standard InChI is InChI=1S/C43H29N3/c1-3-14-30(15-4-1)35-27-26-34(46-42-25-12-9-22-39(42)44-43(46)31-16-5-2-6-17-31)29-38(35)32-18-13-19-33(28-32)45-40-23-10-7-20-36(40)37-21-8-11-24-41(37)45/h1-29H. The molecule has 0 amide bonds. The molecule has 7 aromatic carbocycles. The molecule has 216 valence electrons. The molecule has 3 heteroatoms. The van der Waals surface area contributed by atoms with Gasteiger partial charge in [-0.2, -0.15) is 0 Å². The van der Waals surface area contributed by atoms with Gasteiger partial charge >= 0.3 is 0 Å². The maximum atomic E-state index is 5.11. The van der Waals surface area contributed by atoms with Gasteiger partial charge in [-0.3, -0.25) is 4.57 Å². The second-order valence-corrected chi connectivity index (χ2v) is 11.6. The average molecular weight is 588 g/mol. The summed E-state index contributed by atoms with van der Waals surface area (Å²) < 4.78 is 4.68. The second-order valence-electron chi connectivity index (χ2n) is 11.6. The van der Waals surface area contributed by atoms with E-state index >= 15 is 0 Å². The molecule has 0 unspecified atom stereocenters. The van der Waals surface area contributed by atoms with Gasteiger partial charge in [-0.05, 0) is 70.8 Å². The molecule has 0 fully saturated rings. The van der Waals surface area contributed by atoms with Crippen LogP contribution in [0.1, 0.15) is 0 Å². The molecule has 0 aliphatic carbocycles. The molecular formula is C43H29N3. The number of benzene rings is 7. The number of nitrogens with zero attached hydrogens (tertiary/aromatic N) is 3. The van der Waals surface area contributed by atoms with E-state index in [0.717, 1.165) is 39.4 Å². The Hall–Kier alpha value is -6.19. The van der Waals surface area contributed by atoms with Crippen molar-refractivity contribution in [1.82, 2.24) is 14.1 Å². The topological polar surface area (TPSA) is 22.8 Å². The fourth-order valence-electron chi connectivity index (χ4n) is 6.86. The molecule has 0 saturated heterocycles. The zero-order chi connectivity index (χ0) is 30.5. The number of hydrogen-bond acceptors (Lipinski definition) is 1. The molecule has 0 radical (unpaired) electrons. The largest absolute Gasteiger partial charge is 0.309 e. The van der Waals surface area contributed by atoms with Crippen molar-refractivity contribution < 1.29 is 0 Å². The van der Waals surface area contributed by atoms with Crippen molar-refractivity contribution in [2.75, 3.05) is 0 Å². The summed E-state index contributed by atoms with van der Waals surface area (Å²) in [5.41, 5.74) is 12.5. The van der Waals surface area contributed by atoms with E-state index in [9.17, 15) is 0 Å². The molecule has 46 heavy (non-hydrogen) atoms. The lowest BCUT2D eigenvalue weighted by Crippen LogP contribution is -1.99. The molecular weight excluding hydrogens is 558 g/mol. The van der Waals surface area contributed by atoms with E-state index in [2.05, 4.69) is 179 Å². The van der Waals surface area contributed by atoms with Gasteiger partial charge in [0, 0.05) is 27.7 Å². The average Bonchev–Trinajstić information content (AvgIpc) is 3.69. The predicted molar refractivity (Wildman–Crippen MR) is 192 cm³/mol. The van der Waals surface area contributed by atoms with Crippen LogP contribution in [0.4, 0.5) is 0 Å². The van der Waals surface area contributed by atoms with Crippen LogP contribution in [0.25, 0.3) is 77.9 Å². The Labute approximate surface area is 267 Å². The van der Waals surface area contributed by atoms with Crippen LogP contribution in [0.5, 0.6) is 0 Å². The van der Waals surface area contributed by atoms with E-state index in [-0.39, 0.29) is 0 Å². The smallest absolute Gasteiger partial charge is 0.145 e. The van der Waals surface area contributed by atoms with Crippen LogP contribution in [-0.2, 0) is 0 Å². The number of aromatic nitrogens is 3. The lowest BCUT2D eigenvalue weighted by Gasteiger charge is -2.17. The van der Waals surface area contributed by atoms with E-state index in [1.165, 1.54) is 38.5 Å². The molecule has 0 atom stereocenters. The molecule has 2 heterocycles. The first kappa shape index (κ1) is 26.2. The summed E-state index contributed by atoms with van der Waals surface area (Å²) in [6, 6.07) is 62.6. The maximum Gasteiger partial charge on any atom is 0.145 e. The third-order valence-corrected chi connectivity index (χ3v) is 8.93. The minimum Gasteiger partial charge on any atom is -0.309 e. The Balaban J connectivity index is 1.29. The summed E-state index contributed by atoms with van der Waals surface area (Å²) in [4.78, 5) is 5.11. The van der Waals surface area contributed by atoms with E-state index in [1.54, 1.807) is 0 Å². The lowest BCUT2D eigenvalue weighted by molar-refractivity contribution is 1.10. The quantitative estimate of drug-likeness (QED) is 0.196. The van der Waals surface area contributed by atoms with Crippen molar-refractivity contribution in [2.45, 2.75) is 0 Å². The van der Waals surface area contributed by atoms with Gasteiger partial charge in [-0.15, -0.1) is 0 Å². The highest BCUT2D eigenvalue weighted by atomic mass is 15.1. The molecule has 0 bridgehead atoms. The maximum absolute atomic E-state index is 5.11. The van der Waals surface area contributed by atoms with Crippen LogP contribution in [0, 0.1) is 0 Å². The Bertz CT molecular complexity index is 2470. The molecule has 0 N–H and O–H groups in total. The van der Waals surface area contributed by atoms with Crippen molar-refractivity contribution in [1.29, 1.82) is 0 Å². The van der Waals surface area contributed by atoms with Gasteiger partial charge in [0.1, 0.15) is 5.82 Å². The van der Waals surface area contributed by atoms with Crippen LogP contribution in [-0.4, -0.2) is 14.1 Å².